The summed E-state index contributed by atoms with van der Waals surface area (Å²) in [5, 5.41) is 11.2. The van der Waals surface area contributed by atoms with Crippen LogP contribution < -0.4 is 26.8 Å². The van der Waals surface area contributed by atoms with Gasteiger partial charge in [-0.3, -0.25) is 33.7 Å². The predicted octanol–water partition coefficient (Wildman–Crippen LogP) is 1.93. The largest absolute Gasteiger partial charge is 0.451 e. The first-order valence-electron chi connectivity index (χ1n) is 15.6. The van der Waals surface area contributed by atoms with Crippen LogP contribution in [-0.4, -0.2) is 71.7 Å². The standard InChI is InChI=1S/C33H40N6O7/c1-19-22-10-4-5-12-26(22)46-28(19)32(44)35-23(13-14-25(40)31(43)34-2)30(42)36-24-11-7-15-39(33(24)45)18-27(41)37-29-21-9-6-8-20(16-21)17-38(29)3/h4-5,7,10-12,15,20-21,23,29H,6,8-9,13-14,16-18H2,1-3H3,(H,34,43)(H,35,44)(H,36,42)(H,37,41)/t20?,21?,23-,29?/m0/s1. The Kier molecular flexibility index (Phi) is 10.0. The van der Waals surface area contributed by atoms with Crippen LogP contribution in [0.2, 0.25) is 0 Å². The summed E-state index contributed by atoms with van der Waals surface area (Å²) in [7, 11) is 3.32. The highest BCUT2D eigenvalue weighted by Gasteiger charge is 2.37. The van der Waals surface area contributed by atoms with Gasteiger partial charge in [-0.1, -0.05) is 24.6 Å². The van der Waals surface area contributed by atoms with Gasteiger partial charge < -0.3 is 30.3 Å². The molecule has 1 aliphatic heterocycles. The van der Waals surface area contributed by atoms with E-state index in [1.54, 1.807) is 25.1 Å². The quantitative estimate of drug-likeness (QED) is 0.232. The van der Waals surface area contributed by atoms with E-state index in [9.17, 15) is 28.8 Å². The highest BCUT2D eigenvalue weighted by atomic mass is 16.3. The SMILES string of the molecule is CNC(=O)C(=O)CC[C@H](NC(=O)c1oc2ccccc2c1C)C(=O)Nc1cccn(CC(=O)NC2C3CCCC(C3)CN2C)c1=O. The third kappa shape index (κ3) is 7.20. The lowest BCUT2D eigenvalue weighted by atomic mass is 9.76. The number of para-hydroxylation sites is 1. The molecule has 4 amide bonds. The number of pyridine rings is 1. The molecule has 46 heavy (non-hydrogen) atoms. The molecule has 2 aromatic heterocycles. The van der Waals surface area contributed by atoms with E-state index in [-0.39, 0.29) is 42.9 Å². The first-order valence-corrected chi connectivity index (χ1v) is 15.6. The van der Waals surface area contributed by atoms with Crippen molar-refractivity contribution in [3.05, 3.63) is 64.3 Å². The van der Waals surface area contributed by atoms with Gasteiger partial charge in [0.15, 0.2) is 5.76 Å². The van der Waals surface area contributed by atoms with Crippen molar-refractivity contribution in [1.82, 2.24) is 25.4 Å². The molecular formula is C33H40N6O7. The Hall–Kier alpha value is -4.78. The van der Waals surface area contributed by atoms with Gasteiger partial charge in [0.2, 0.25) is 17.6 Å². The number of hydrogen-bond acceptors (Lipinski definition) is 8. The fourth-order valence-electron chi connectivity index (χ4n) is 6.65. The van der Waals surface area contributed by atoms with Crippen LogP contribution in [0.15, 0.2) is 51.8 Å². The predicted molar refractivity (Wildman–Crippen MR) is 170 cm³/mol. The van der Waals surface area contributed by atoms with Crippen LogP contribution >= 0.6 is 0 Å². The van der Waals surface area contributed by atoms with E-state index in [0.717, 1.165) is 31.2 Å². The molecule has 2 bridgehead atoms. The molecule has 0 spiro atoms. The minimum absolute atomic E-state index is 0.00272. The number of anilines is 1. The Morgan fingerprint density at radius 2 is 1.85 bits per heavy atom. The van der Waals surface area contributed by atoms with Crippen LogP contribution in [0.4, 0.5) is 5.69 Å². The van der Waals surface area contributed by atoms with Gasteiger partial charge in [0.25, 0.3) is 17.4 Å². The Balaban J connectivity index is 1.29. The van der Waals surface area contributed by atoms with Gasteiger partial charge in [-0.05, 0) is 69.7 Å². The Labute approximate surface area is 266 Å². The normalized spacial score (nSPS) is 20.0. The van der Waals surface area contributed by atoms with Gasteiger partial charge in [0.1, 0.15) is 23.9 Å². The molecule has 1 aromatic carbocycles. The van der Waals surface area contributed by atoms with Gasteiger partial charge in [0, 0.05) is 37.2 Å². The average molecular weight is 633 g/mol. The molecule has 1 saturated carbocycles. The number of nitrogens with one attached hydrogen (secondary N) is 4. The van der Waals surface area contributed by atoms with Crippen LogP contribution in [0.25, 0.3) is 11.0 Å². The number of furan rings is 1. The third-order valence-electron chi connectivity index (χ3n) is 9.00. The number of aromatic nitrogens is 1. The zero-order chi connectivity index (χ0) is 33.0. The zero-order valence-corrected chi connectivity index (χ0v) is 26.3. The number of carbonyl (C=O) groups excluding carboxylic acids is 5. The maximum Gasteiger partial charge on any atom is 0.287 e. The second-order valence-electron chi connectivity index (χ2n) is 12.2. The second kappa shape index (κ2) is 14.1. The molecule has 2 fully saturated rings. The molecule has 13 heteroatoms. The lowest BCUT2D eigenvalue weighted by Gasteiger charge is -2.46. The minimum atomic E-state index is -1.30. The van der Waals surface area contributed by atoms with Gasteiger partial charge in [-0.25, -0.2) is 0 Å². The van der Waals surface area contributed by atoms with Gasteiger partial charge in [0.05, 0.1) is 6.17 Å². The molecule has 5 rings (SSSR count). The Bertz CT molecular complexity index is 1710. The summed E-state index contributed by atoms with van der Waals surface area (Å²) in [5.74, 6) is -2.36. The fourth-order valence-corrected chi connectivity index (χ4v) is 6.65. The van der Waals surface area contributed by atoms with E-state index in [2.05, 4.69) is 26.2 Å². The lowest BCUT2D eigenvalue weighted by molar-refractivity contribution is -0.137. The first kappa shape index (κ1) is 32.6. The number of rotatable bonds is 11. The summed E-state index contributed by atoms with van der Waals surface area (Å²) in [5.41, 5.74) is 0.343. The summed E-state index contributed by atoms with van der Waals surface area (Å²) >= 11 is 0. The second-order valence-corrected chi connectivity index (χ2v) is 12.2. The molecule has 2 aliphatic rings. The van der Waals surface area contributed by atoms with E-state index in [0.29, 0.717) is 23.0 Å². The summed E-state index contributed by atoms with van der Waals surface area (Å²) < 4.78 is 6.93. The van der Waals surface area contributed by atoms with E-state index in [4.69, 9.17) is 4.42 Å². The Morgan fingerprint density at radius 1 is 1.07 bits per heavy atom. The molecule has 4 atom stereocenters. The van der Waals surface area contributed by atoms with Crippen molar-refractivity contribution >= 4 is 46.1 Å². The van der Waals surface area contributed by atoms with Crippen LogP contribution in [0.1, 0.15) is 54.6 Å². The lowest BCUT2D eigenvalue weighted by Crippen LogP contribution is -2.57. The molecule has 1 aliphatic carbocycles. The number of carbonyl (C=O) groups is 5. The molecule has 3 heterocycles. The number of Topliss-reactive ketones (excluding diaryl/α,β-unsaturated/α-hetero) is 1. The van der Waals surface area contributed by atoms with Crippen molar-refractivity contribution < 1.29 is 28.4 Å². The number of fused-ring (bicyclic) bond motifs is 3. The van der Waals surface area contributed by atoms with Crippen molar-refractivity contribution in [2.24, 2.45) is 11.8 Å². The highest BCUT2D eigenvalue weighted by Crippen LogP contribution is 2.36. The maximum atomic E-state index is 13.5. The number of hydrogen-bond donors (Lipinski definition) is 4. The first-order chi connectivity index (χ1) is 22.0. The summed E-state index contributed by atoms with van der Waals surface area (Å²) in [6, 6.07) is 8.71. The molecule has 4 N–H and O–H groups in total. The number of aryl methyl sites for hydroxylation is 1. The van der Waals surface area contributed by atoms with Crippen molar-refractivity contribution in [3.8, 4) is 0 Å². The number of piperidine rings is 1. The molecule has 0 radical (unpaired) electrons. The molecule has 1 saturated heterocycles. The maximum absolute atomic E-state index is 13.5. The van der Waals surface area contributed by atoms with Gasteiger partial charge in [-0.15, -0.1) is 0 Å². The van der Waals surface area contributed by atoms with E-state index >= 15 is 0 Å². The highest BCUT2D eigenvalue weighted by molar-refractivity contribution is 6.36. The monoisotopic (exact) mass is 632 g/mol. The topological polar surface area (TPSA) is 172 Å². The average Bonchev–Trinajstić information content (AvgIpc) is 3.38. The number of benzene rings is 1. The van der Waals surface area contributed by atoms with Crippen molar-refractivity contribution in [1.29, 1.82) is 0 Å². The molecule has 3 aromatic rings. The minimum Gasteiger partial charge on any atom is -0.451 e. The summed E-state index contributed by atoms with van der Waals surface area (Å²) in [6.45, 7) is 2.39. The van der Waals surface area contributed by atoms with Crippen LogP contribution in [0.5, 0.6) is 0 Å². The summed E-state index contributed by atoms with van der Waals surface area (Å²) in [4.78, 5) is 79.3. The third-order valence-corrected chi connectivity index (χ3v) is 9.00. The van der Waals surface area contributed by atoms with Gasteiger partial charge >= 0.3 is 0 Å². The smallest absolute Gasteiger partial charge is 0.287 e. The number of amides is 4. The van der Waals surface area contributed by atoms with Crippen molar-refractivity contribution in [2.45, 2.75) is 64.2 Å². The molecule has 3 unspecified atom stereocenters. The fraction of sp³-hybridized carbons (Fsp3) is 0.455. The van der Waals surface area contributed by atoms with Crippen LogP contribution in [0, 0.1) is 18.8 Å². The van der Waals surface area contributed by atoms with Gasteiger partial charge in [-0.2, -0.15) is 0 Å². The molecular weight excluding hydrogens is 592 g/mol. The number of likely N-dealkylation sites (tertiary alicyclic amines) is 1. The van der Waals surface area contributed by atoms with Crippen molar-refractivity contribution in [3.63, 3.8) is 0 Å². The Morgan fingerprint density at radius 3 is 2.61 bits per heavy atom. The zero-order valence-electron chi connectivity index (χ0n) is 26.3. The number of likely N-dealkylation sites (N-methyl/N-ethyl adjacent to an activating group) is 1. The van der Waals surface area contributed by atoms with E-state index < -0.39 is 35.1 Å². The van der Waals surface area contributed by atoms with Crippen LogP contribution in [-0.2, 0) is 25.7 Å². The number of nitrogens with zero attached hydrogens (tertiary/aromatic N) is 2. The molecule has 244 valence electrons. The van der Waals surface area contributed by atoms with Crippen molar-refractivity contribution in [2.75, 3.05) is 26.0 Å². The van der Waals surface area contributed by atoms with Crippen LogP contribution in [0.3, 0.4) is 0 Å². The van der Waals surface area contributed by atoms with E-state index in [1.165, 1.54) is 36.4 Å². The summed E-state index contributed by atoms with van der Waals surface area (Å²) in [6.07, 6.45) is 5.30. The van der Waals surface area contributed by atoms with E-state index in [1.807, 2.05) is 13.1 Å². The molecule has 13 nitrogen and oxygen atoms in total. The number of ketones is 1.